The summed E-state index contributed by atoms with van der Waals surface area (Å²) in [4.78, 5) is 37.9. The van der Waals surface area contributed by atoms with Crippen molar-refractivity contribution in [1.82, 2.24) is 0 Å². The van der Waals surface area contributed by atoms with E-state index in [0.29, 0.717) is 19.3 Å². The van der Waals surface area contributed by atoms with Crippen LogP contribution >= 0.6 is 0 Å². The minimum absolute atomic E-state index is 0.0653. The van der Waals surface area contributed by atoms with Gasteiger partial charge in [0, 0.05) is 19.3 Å². The van der Waals surface area contributed by atoms with Crippen LogP contribution in [-0.4, -0.2) is 37.2 Å². The summed E-state index contributed by atoms with van der Waals surface area (Å²) < 4.78 is 16.8. The molecule has 58 heavy (non-hydrogen) atoms. The maximum absolute atomic E-state index is 12.8. The van der Waals surface area contributed by atoms with E-state index in [0.717, 1.165) is 75.5 Å². The second kappa shape index (κ2) is 43.5. The second-order valence-electron chi connectivity index (χ2n) is 19.0. The van der Waals surface area contributed by atoms with E-state index in [1.807, 2.05) is 0 Å². The van der Waals surface area contributed by atoms with Gasteiger partial charge in [0.05, 0.1) is 0 Å². The molecule has 0 aliphatic rings. The zero-order valence-corrected chi connectivity index (χ0v) is 39.8. The molecule has 0 saturated heterocycles. The van der Waals surface area contributed by atoms with E-state index >= 15 is 0 Å². The molecule has 0 rings (SSSR count). The fraction of sp³-hybridized carbons (Fsp3) is 0.942. The summed E-state index contributed by atoms with van der Waals surface area (Å²) in [5.41, 5.74) is 0. The van der Waals surface area contributed by atoms with Crippen molar-refractivity contribution in [2.75, 3.05) is 13.2 Å². The van der Waals surface area contributed by atoms with Crippen molar-refractivity contribution in [2.24, 2.45) is 17.8 Å². The van der Waals surface area contributed by atoms with Crippen molar-refractivity contribution in [1.29, 1.82) is 0 Å². The van der Waals surface area contributed by atoms with Gasteiger partial charge in [-0.05, 0) is 37.0 Å². The van der Waals surface area contributed by atoms with Crippen molar-refractivity contribution in [3.05, 3.63) is 0 Å². The molecule has 2 atom stereocenters. The van der Waals surface area contributed by atoms with E-state index < -0.39 is 6.10 Å². The van der Waals surface area contributed by atoms with Crippen molar-refractivity contribution in [3.63, 3.8) is 0 Å². The van der Waals surface area contributed by atoms with Crippen molar-refractivity contribution < 1.29 is 28.6 Å². The molecule has 344 valence electrons. The number of carbonyl (C=O) groups is 3. The lowest BCUT2D eigenvalue weighted by Gasteiger charge is -2.18. The van der Waals surface area contributed by atoms with Gasteiger partial charge in [-0.15, -0.1) is 0 Å². The Morgan fingerprint density at radius 1 is 0.345 bits per heavy atom. The SMILES string of the molecule is CCC(C)CCCCCCCCC(=O)OC[C@H](COC(=O)CCCCCCCCCCCCCCC(C)C)OC(=O)CCCCCCCCCCCCCCC(C)C. The van der Waals surface area contributed by atoms with Crippen LogP contribution in [0.15, 0.2) is 0 Å². The van der Waals surface area contributed by atoms with Crippen LogP contribution in [0, 0.1) is 17.8 Å². The molecule has 0 N–H and O–H groups in total. The first-order chi connectivity index (χ1) is 28.1. The zero-order valence-electron chi connectivity index (χ0n) is 39.8. The van der Waals surface area contributed by atoms with Crippen LogP contribution in [0.3, 0.4) is 0 Å². The number of carbonyl (C=O) groups excluding carboxylic acids is 3. The van der Waals surface area contributed by atoms with Crippen LogP contribution in [0.2, 0.25) is 0 Å². The zero-order chi connectivity index (χ0) is 42.7. The first kappa shape index (κ1) is 56.4. The Labute approximate surface area is 361 Å². The average molecular weight is 821 g/mol. The molecule has 6 nitrogen and oxygen atoms in total. The minimum atomic E-state index is -0.763. The van der Waals surface area contributed by atoms with Gasteiger partial charge < -0.3 is 14.2 Å². The molecule has 0 spiro atoms. The smallest absolute Gasteiger partial charge is 0.306 e. The Morgan fingerprint density at radius 2 is 0.603 bits per heavy atom. The van der Waals surface area contributed by atoms with Crippen LogP contribution in [0.4, 0.5) is 0 Å². The Balaban J connectivity index is 4.31. The molecule has 0 aromatic carbocycles. The molecule has 0 saturated carbocycles. The number of ether oxygens (including phenoxy) is 3. The first-order valence-electron chi connectivity index (χ1n) is 25.6. The lowest BCUT2D eigenvalue weighted by Crippen LogP contribution is -2.30. The molecular formula is C52H100O6. The molecule has 0 radical (unpaired) electrons. The molecule has 0 aromatic heterocycles. The molecule has 0 aliphatic heterocycles. The summed E-state index contributed by atoms with van der Waals surface area (Å²) in [6.45, 7) is 13.7. The van der Waals surface area contributed by atoms with E-state index in [4.69, 9.17) is 14.2 Å². The summed E-state index contributed by atoms with van der Waals surface area (Å²) in [7, 11) is 0. The number of hydrogen-bond acceptors (Lipinski definition) is 6. The fourth-order valence-corrected chi connectivity index (χ4v) is 7.73. The van der Waals surface area contributed by atoms with E-state index in [1.54, 1.807) is 0 Å². The third-order valence-electron chi connectivity index (χ3n) is 12.0. The van der Waals surface area contributed by atoms with Gasteiger partial charge in [0.1, 0.15) is 13.2 Å². The second-order valence-corrected chi connectivity index (χ2v) is 19.0. The fourth-order valence-electron chi connectivity index (χ4n) is 7.73. The predicted molar refractivity (Wildman–Crippen MR) is 247 cm³/mol. The Bertz CT molecular complexity index is 900. The lowest BCUT2D eigenvalue weighted by molar-refractivity contribution is -0.167. The van der Waals surface area contributed by atoms with E-state index in [1.165, 1.54) is 161 Å². The van der Waals surface area contributed by atoms with Crippen LogP contribution in [0.5, 0.6) is 0 Å². The van der Waals surface area contributed by atoms with E-state index in [-0.39, 0.29) is 31.1 Å². The summed E-state index contributed by atoms with van der Waals surface area (Å²) in [6, 6.07) is 0. The molecule has 0 fully saturated rings. The quantitative estimate of drug-likeness (QED) is 0.0346. The van der Waals surface area contributed by atoms with Crippen molar-refractivity contribution >= 4 is 17.9 Å². The largest absolute Gasteiger partial charge is 0.462 e. The monoisotopic (exact) mass is 821 g/mol. The van der Waals surface area contributed by atoms with Gasteiger partial charge in [-0.25, -0.2) is 0 Å². The Kier molecular flexibility index (Phi) is 42.3. The van der Waals surface area contributed by atoms with Crippen LogP contribution < -0.4 is 0 Å². The highest BCUT2D eigenvalue weighted by molar-refractivity contribution is 5.71. The van der Waals surface area contributed by atoms with Gasteiger partial charge in [0.15, 0.2) is 6.10 Å². The summed E-state index contributed by atoms with van der Waals surface area (Å²) >= 11 is 0. The number of unbranched alkanes of at least 4 members (excludes halogenated alkanes) is 27. The molecule has 0 bridgehead atoms. The van der Waals surface area contributed by atoms with Crippen molar-refractivity contribution in [2.45, 2.75) is 285 Å². The summed E-state index contributed by atoms with van der Waals surface area (Å²) in [5, 5.41) is 0. The molecule has 0 amide bonds. The Hall–Kier alpha value is -1.59. The maximum Gasteiger partial charge on any atom is 0.306 e. The third kappa shape index (κ3) is 44.0. The highest BCUT2D eigenvalue weighted by Gasteiger charge is 2.19. The van der Waals surface area contributed by atoms with Gasteiger partial charge in [-0.1, -0.05) is 241 Å². The standard InChI is InChI=1S/C52H100O6/c1-7-48(6)40-34-28-24-25-30-36-42-51(54)57-45-49(58-52(55)43-37-31-23-19-15-11-9-13-17-21-27-33-39-47(4)5)44-56-50(53)41-35-29-22-18-14-10-8-12-16-20-26-32-38-46(2)3/h46-49H,7-45H2,1-6H3/t48?,49-/m0/s1. The Morgan fingerprint density at radius 3 is 0.897 bits per heavy atom. The topological polar surface area (TPSA) is 78.9 Å². The van der Waals surface area contributed by atoms with E-state index in [9.17, 15) is 14.4 Å². The number of esters is 3. The first-order valence-corrected chi connectivity index (χ1v) is 25.6. The third-order valence-corrected chi connectivity index (χ3v) is 12.0. The van der Waals surface area contributed by atoms with Gasteiger partial charge in [-0.3, -0.25) is 14.4 Å². The molecule has 0 aromatic rings. The van der Waals surface area contributed by atoms with Gasteiger partial charge in [-0.2, -0.15) is 0 Å². The van der Waals surface area contributed by atoms with Gasteiger partial charge >= 0.3 is 17.9 Å². The number of hydrogen-bond donors (Lipinski definition) is 0. The van der Waals surface area contributed by atoms with Gasteiger partial charge in [0.25, 0.3) is 0 Å². The molecule has 1 unspecified atom stereocenters. The molecule has 0 aliphatic carbocycles. The highest BCUT2D eigenvalue weighted by atomic mass is 16.6. The molecule has 6 heteroatoms. The van der Waals surface area contributed by atoms with E-state index in [2.05, 4.69) is 41.5 Å². The summed E-state index contributed by atoms with van der Waals surface area (Å²) in [6.07, 6.45) is 42.3. The molecular weight excluding hydrogens is 721 g/mol. The van der Waals surface area contributed by atoms with Crippen LogP contribution in [0.25, 0.3) is 0 Å². The average Bonchev–Trinajstić information content (AvgIpc) is 3.19. The number of rotatable bonds is 45. The lowest BCUT2D eigenvalue weighted by atomic mass is 10.00. The molecule has 0 heterocycles. The van der Waals surface area contributed by atoms with Gasteiger partial charge in [0.2, 0.25) is 0 Å². The minimum Gasteiger partial charge on any atom is -0.462 e. The normalized spacial score (nSPS) is 12.6. The maximum atomic E-state index is 12.8. The van der Waals surface area contributed by atoms with Crippen LogP contribution in [0.1, 0.15) is 279 Å². The highest BCUT2D eigenvalue weighted by Crippen LogP contribution is 2.18. The summed E-state index contributed by atoms with van der Waals surface area (Å²) in [5.74, 6) is 1.62. The van der Waals surface area contributed by atoms with Crippen LogP contribution in [-0.2, 0) is 28.6 Å². The van der Waals surface area contributed by atoms with Crippen molar-refractivity contribution in [3.8, 4) is 0 Å². The predicted octanol–water partition coefficient (Wildman–Crippen LogP) is 16.4.